The third-order valence-electron chi connectivity index (χ3n) is 7.03. The zero-order valence-electron chi connectivity index (χ0n) is 25.7. The molecule has 0 amide bonds. The van der Waals surface area contributed by atoms with Crippen LogP contribution in [-0.4, -0.2) is 49.9 Å². The maximum absolute atomic E-state index is 4.64. The van der Waals surface area contributed by atoms with Crippen LogP contribution < -0.4 is 10.6 Å². The van der Waals surface area contributed by atoms with Crippen LogP contribution in [0.4, 0.5) is 23.3 Å². The van der Waals surface area contributed by atoms with Crippen LogP contribution in [0.25, 0.3) is 27.8 Å². The molecule has 7 aromatic rings. The van der Waals surface area contributed by atoms with Gasteiger partial charge in [0, 0.05) is 23.1 Å². The minimum atomic E-state index is 0.391. The summed E-state index contributed by atoms with van der Waals surface area (Å²) in [5.74, 6) is 3.59. The lowest BCUT2D eigenvalue weighted by atomic mass is 10.1. The van der Waals surface area contributed by atoms with E-state index in [0.717, 1.165) is 49.2 Å². The van der Waals surface area contributed by atoms with Crippen molar-refractivity contribution < 1.29 is 0 Å². The highest BCUT2D eigenvalue weighted by Gasteiger charge is 2.07. The molecule has 0 saturated heterocycles. The van der Waals surface area contributed by atoms with E-state index in [2.05, 4.69) is 99.6 Å². The van der Waals surface area contributed by atoms with Crippen LogP contribution in [0.15, 0.2) is 96.5 Å². The zero-order chi connectivity index (χ0) is 32.0. The number of halogens is 1. The molecule has 2 N–H and O–H groups in total. The lowest BCUT2D eigenvalue weighted by Gasteiger charge is -2.09. The monoisotopic (exact) mass is 674 g/mol. The van der Waals surface area contributed by atoms with E-state index in [9.17, 15) is 0 Å². The van der Waals surface area contributed by atoms with Crippen molar-refractivity contribution in [2.45, 2.75) is 39.5 Å². The Balaban J connectivity index is 0.000000164. The van der Waals surface area contributed by atoms with Gasteiger partial charge in [-0.05, 0) is 87.4 Å². The van der Waals surface area contributed by atoms with Crippen LogP contribution in [0, 0.1) is 0 Å². The SMILES string of the molecule is CC(C)c1cnnc(Nc2ccc3ncc(-n4ccnc4)cc3n2)c1.CC(C)c1cnnc(Nc2ccc3ncc(Br)cc3n2)c1. The topological polar surface area (TPSA) is 145 Å². The highest BCUT2D eigenvalue weighted by atomic mass is 79.9. The van der Waals surface area contributed by atoms with Gasteiger partial charge < -0.3 is 15.2 Å². The number of hydrogen-bond donors (Lipinski definition) is 2. The van der Waals surface area contributed by atoms with Crippen LogP contribution in [0.3, 0.4) is 0 Å². The largest absolute Gasteiger partial charge is 0.323 e. The summed E-state index contributed by atoms with van der Waals surface area (Å²) in [5, 5.41) is 22.7. The second-order valence-electron chi connectivity index (χ2n) is 11.1. The second-order valence-corrected chi connectivity index (χ2v) is 12.0. The van der Waals surface area contributed by atoms with Crippen molar-refractivity contribution in [1.82, 2.24) is 49.9 Å². The highest BCUT2D eigenvalue weighted by molar-refractivity contribution is 9.10. The Morgan fingerprint density at radius 3 is 1.74 bits per heavy atom. The number of rotatable bonds is 7. The summed E-state index contributed by atoms with van der Waals surface area (Å²) in [6, 6.07) is 15.5. The van der Waals surface area contributed by atoms with E-state index in [-0.39, 0.29) is 0 Å². The van der Waals surface area contributed by atoms with Crippen LogP contribution in [0.5, 0.6) is 0 Å². The lowest BCUT2D eigenvalue weighted by Crippen LogP contribution is -2.00. The fourth-order valence-corrected chi connectivity index (χ4v) is 4.77. The fourth-order valence-electron chi connectivity index (χ4n) is 4.45. The van der Waals surface area contributed by atoms with Crippen molar-refractivity contribution in [3.8, 4) is 5.69 Å². The van der Waals surface area contributed by atoms with E-state index in [1.165, 1.54) is 0 Å². The Labute approximate surface area is 274 Å². The molecule has 0 aliphatic rings. The number of imidazole rings is 1. The molecule has 13 heteroatoms. The van der Waals surface area contributed by atoms with Gasteiger partial charge in [0.05, 0.1) is 52.7 Å². The molecule has 7 heterocycles. The summed E-state index contributed by atoms with van der Waals surface area (Å²) >= 11 is 3.40. The molecular weight excluding hydrogens is 644 g/mol. The molecule has 230 valence electrons. The molecule has 0 aromatic carbocycles. The van der Waals surface area contributed by atoms with Crippen molar-refractivity contribution in [3.63, 3.8) is 0 Å². The van der Waals surface area contributed by atoms with E-state index in [1.54, 1.807) is 37.3 Å². The van der Waals surface area contributed by atoms with E-state index in [4.69, 9.17) is 0 Å². The van der Waals surface area contributed by atoms with Gasteiger partial charge >= 0.3 is 0 Å². The van der Waals surface area contributed by atoms with Gasteiger partial charge in [-0.3, -0.25) is 9.97 Å². The van der Waals surface area contributed by atoms with E-state index < -0.39 is 0 Å². The number of fused-ring (bicyclic) bond motifs is 2. The van der Waals surface area contributed by atoms with E-state index >= 15 is 0 Å². The molecule has 0 fully saturated rings. The number of aromatic nitrogens is 10. The molecule has 0 unspecified atom stereocenters. The van der Waals surface area contributed by atoms with Crippen molar-refractivity contribution >= 4 is 61.3 Å². The lowest BCUT2D eigenvalue weighted by molar-refractivity contribution is 0.843. The number of nitrogens with one attached hydrogen (secondary N) is 2. The van der Waals surface area contributed by atoms with Crippen LogP contribution in [0.1, 0.15) is 50.7 Å². The molecule has 0 aliphatic heterocycles. The van der Waals surface area contributed by atoms with Gasteiger partial charge in [-0.2, -0.15) is 10.2 Å². The van der Waals surface area contributed by atoms with Gasteiger partial charge in [0.2, 0.25) is 0 Å². The number of anilines is 4. The fraction of sp³-hybridized carbons (Fsp3) is 0.182. The van der Waals surface area contributed by atoms with Gasteiger partial charge in [-0.25, -0.2) is 15.0 Å². The van der Waals surface area contributed by atoms with E-state index in [1.807, 2.05) is 59.3 Å². The van der Waals surface area contributed by atoms with Gasteiger partial charge in [0.25, 0.3) is 0 Å². The maximum Gasteiger partial charge on any atom is 0.154 e. The number of nitrogens with zero attached hydrogens (tertiary/aromatic N) is 10. The molecule has 7 aromatic heterocycles. The molecule has 0 saturated carbocycles. The molecule has 46 heavy (non-hydrogen) atoms. The zero-order valence-corrected chi connectivity index (χ0v) is 27.3. The van der Waals surface area contributed by atoms with Crippen LogP contribution in [-0.2, 0) is 0 Å². The van der Waals surface area contributed by atoms with Gasteiger partial charge in [-0.1, -0.05) is 27.7 Å². The standard InChI is InChI=1S/C18H17N7.C15H14BrN5/c1-12(2)13-7-18(24-21-9-13)23-17-4-3-15-16(22-17)8-14(10-20-15)25-6-5-19-11-25;1-9(2)10-5-15(21-18-7-10)20-14-4-3-12-13(19-14)6-11(16)8-17-12/h3-12H,1-2H3,(H,22,23,24);3-9H,1-2H3,(H,19,20,21). The normalized spacial score (nSPS) is 11.1. The Bertz CT molecular complexity index is 2100. The Kier molecular flexibility index (Phi) is 9.10. The Morgan fingerprint density at radius 1 is 0.630 bits per heavy atom. The Morgan fingerprint density at radius 2 is 1.20 bits per heavy atom. The molecular formula is C33H31BrN12. The average molecular weight is 676 g/mol. The Hall–Kier alpha value is -5.43. The summed E-state index contributed by atoms with van der Waals surface area (Å²) < 4.78 is 2.80. The predicted octanol–water partition coefficient (Wildman–Crippen LogP) is 7.52. The average Bonchev–Trinajstić information content (AvgIpc) is 3.60. The highest BCUT2D eigenvalue weighted by Crippen LogP contribution is 2.23. The summed E-state index contributed by atoms with van der Waals surface area (Å²) in [4.78, 5) is 22.0. The van der Waals surface area contributed by atoms with Gasteiger partial charge in [-0.15, -0.1) is 10.2 Å². The van der Waals surface area contributed by atoms with Crippen LogP contribution >= 0.6 is 15.9 Å². The van der Waals surface area contributed by atoms with Gasteiger partial charge in [0.1, 0.15) is 11.6 Å². The first kappa shape index (κ1) is 30.6. The third kappa shape index (κ3) is 7.44. The quantitative estimate of drug-likeness (QED) is 0.173. The summed E-state index contributed by atoms with van der Waals surface area (Å²) in [6.07, 6.45) is 12.5. The first-order valence-corrected chi connectivity index (χ1v) is 15.5. The molecule has 0 radical (unpaired) electrons. The first-order valence-electron chi connectivity index (χ1n) is 14.7. The third-order valence-corrected chi connectivity index (χ3v) is 7.46. The predicted molar refractivity (Wildman–Crippen MR) is 183 cm³/mol. The molecule has 7 rings (SSSR count). The first-order chi connectivity index (χ1) is 22.3. The van der Waals surface area contributed by atoms with Crippen molar-refractivity contribution in [3.05, 3.63) is 108 Å². The van der Waals surface area contributed by atoms with Gasteiger partial charge in [0.15, 0.2) is 11.6 Å². The molecule has 0 spiro atoms. The smallest absolute Gasteiger partial charge is 0.154 e. The molecule has 0 aliphatic carbocycles. The number of hydrogen-bond acceptors (Lipinski definition) is 11. The second kappa shape index (κ2) is 13.7. The molecule has 12 nitrogen and oxygen atoms in total. The summed E-state index contributed by atoms with van der Waals surface area (Å²) in [6.45, 7) is 8.49. The van der Waals surface area contributed by atoms with E-state index in [0.29, 0.717) is 29.3 Å². The van der Waals surface area contributed by atoms with Crippen LogP contribution in [0.2, 0.25) is 0 Å². The molecule has 0 bridgehead atoms. The minimum Gasteiger partial charge on any atom is -0.323 e. The minimum absolute atomic E-state index is 0.391. The van der Waals surface area contributed by atoms with Crippen molar-refractivity contribution in [1.29, 1.82) is 0 Å². The maximum atomic E-state index is 4.64. The number of pyridine rings is 4. The summed E-state index contributed by atoms with van der Waals surface area (Å²) in [5.41, 5.74) is 6.48. The van der Waals surface area contributed by atoms with Crippen molar-refractivity contribution in [2.24, 2.45) is 0 Å². The summed E-state index contributed by atoms with van der Waals surface area (Å²) in [7, 11) is 0. The van der Waals surface area contributed by atoms with Crippen molar-refractivity contribution in [2.75, 3.05) is 10.6 Å². The molecule has 0 atom stereocenters.